The molecule has 0 saturated carbocycles. The zero-order valence-corrected chi connectivity index (χ0v) is 12.2. The summed E-state index contributed by atoms with van der Waals surface area (Å²) in [4.78, 5) is 4.50. The van der Waals surface area contributed by atoms with Crippen molar-refractivity contribution in [1.29, 1.82) is 0 Å². The van der Waals surface area contributed by atoms with Gasteiger partial charge in [0.1, 0.15) is 10.8 Å². The Hall–Kier alpha value is -1.30. The van der Waals surface area contributed by atoms with E-state index in [1.54, 1.807) is 0 Å². The van der Waals surface area contributed by atoms with Crippen molar-refractivity contribution in [3.05, 3.63) is 46.2 Å². The molecule has 4 nitrogen and oxygen atoms in total. The molecule has 5 heteroatoms. The third-order valence-corrected chi connectivity index (χ3v) is 4.04. The molecule has 1 aromatic carbocycles. The number of nitrogens with zero attached hydrogens (tertiary/aromatic N) is 2. The summed E-state index contributed by atoms with van der Waals surface area (Å²) < 4.78 is 4.37. The van der Waals surface area contributed by atoms with Gasteiger partial charge in [0.25, 0.3) is 0 Å². The van der Waals surface area contributed by atoms with Crippen LogP contribution >= 0.6 is 11.5 Å². The molecule has 2 rings (SSSR count). The Kier molecular flexibility index (Phi) is 4.63. The van der Waals surface area contributed by atoms with E-state index in [9.17, 15) is 0 Å². The van der Waals surface area contributed by atoms with Crippen molar-refractivity contribution in [3.8, 4) is 0 Å². The Morgan fingerprint density at radius 1 is 1.21 bits per heavy atom. The van der Waals surface area contributed by atoms with Crippen LogP contribution in [-0.2, 0) is 6.42 Å². The Morgan fingerprint density at radius 3 is 2.53 bits per heavy atom. The molecule has 0 aliphatic carbocycles. The normalized spacial score (nSPS) is 14.3. The van der Waals surface area contributed by atoms with Gasteiger partial charge in [-0.2, -0.15) is 4.37 Å². The van der Waals surface area contributed by atoms with E-state index >= 15 is 0 Å². The number of hydrogen-bond acceptors (Lipinski definition) is 5. The van der Waals surface area contributed by atoms with E-state index < -0.39 is 0 Å². The minimum Gasteiger partial charge on any atom is -0.326 e. The van der Waals surface area contributed by atoms with Crippen molar-refractivity contribution in [1.82, 2.24) is 9.36 Å². The van der Waals surface area contributed by atoms with Gasteiger partial charge in [-0.15, -0.1) is 0 Å². The fourth-order valence-electron chi connectivity index (χ4n) is 1.80. The summed E-state index contributed by atoms with van der Waals surface area (Å²) >= 11 is 1.36. The fourth-order valence-corrected chi connectivity index (χ4v) is 2.55. The van der Waals surface area contributed by atoms with Crippen molar-refractivity contribution in [2.24, 2.45) is 11.5 Å². The van der Waals surface area contributed by atoms with Gasteiger partial charge in [0.05, 0.1) is 6.04 Å². The van der Waals surface area contributed by atoms with Crippen LogP contribution in [0.15, 0.2) is 24.3 Å². The molecule has 0 saturated heterocycles. The molecule has 0 bridgehead atoms. The van der Waals surface area contributed by atoms with Gasteiger partial charge in [0.15, 0.2) is 0 Å². The lowest BCUT2D eigenvalue weighted by molar-refractivity contribution is 0.529. The monoisotopic (exact) mass is 276 g/mol. The molecule has 1 aromatic heterocycles. The zero-order valence-electron chi connectivity index (χ0n) is 11.3. The summed E-state index contributed by atoms with van der Waals surface area (Å²) in [5.74, 6) is 0.822. The molecule has 0 fully saturated rings. The second-order valence-electron chi connectivity index (χ2n) is 4.81. The van der Waals surface area contributed by atoms with Gasteiger partial charge in [0, 0.05) is 12.5 Å². The Labute approximate surface area is 118 Å². The maximum absolute atomic E-state index is 6.06. The van der Waals surface area contributed by atoms with Crippen LogP contribution < -0.4 is 11.5 Å². The molecular weight excluding hydrogens is 256 g/mol. The number of hydrogen-bond donors (Lipinski definition) is 2. The number of aromatic nitrogens is 2. The molecular formula is C14H20N4S. The zero-order chi connectivity index (χ0) is 13.8. The predicted octanol–water partition coefficient (Wildman–Crippen LogP) is 2.17. The van der Waals surface area contributed by atoms with E-state index in [1.165, 1.54) is 22.7 Å². The van der Waals surface area contributed by atoms with Gasteiger partial charge >= 0.3 is 0 Å². The van der Waals surface area contributed by atoms with Crippen LogP contribution in [0.1, 0.15) is 41.3 Å². The van der Waals surface area contributed by atoms with Crippen LogP contribution in [0, 0.1) is 6.92 Å². The summed E-state index contributed by atoms with van der Waals surface area (Å²) in [6, 6.07) is 8.14. The second-order valence-corrected chi connectivity index (χ2v) is 5.59. The van der Waals surface area contributed by atoms with Crippen molar-refractivity contribution in [2.45, 2.75) is 38.8 Å². The first-order chi connectivity index (χ1) is 9.10. The van der Waals surface area contributed by atoms with E-state index in [1.807, 2.05) is 6.92 Å². The van der Waals surface area contributed by atoms with E-state index in [-0.39, 0.29) is 12.1 Å². The molecule has 0 amide bonds. The molecule has 0 spiro atoms. The number of nitrogens with two attached hydrogens (primary N) is 2. The topological polar surface area (TPSA) is 77.8 Å². The standard InChI is InChI=1S/C14H20N4S/c1-3-11(15)13(16)14-17-12(18-19-14)8-10-6-4-9(2)5-7-10/h4-7,11,13H,3,8,15-16H2,1-2H3. The number of rotatable bonds is 5. The molecule has 0 aliphatic heterocycles. The summed E-state index contributed by atoms with van der Waals surface area (Å²) in [7, 11) is 0. The SMILES string of the molecule is CCC(N)C(N)c1nc(Cc2ccc(C)cc2)ns1. The first kappa shape index (κ1) is 14.1. The van der Waals surface area contributed by atoms with Gasteiger partial charge in [-0.1, -0.05) is 36.8 Å². The fraction of sp³-hybridized carbons (Fsp3) is 0.429. The average Bonchev–Trinajstić information content (AvgIpc) is 2.88. The van der Waals surface area contributed by atoms with Crippen LogP contribution in [-0.4, -0.2) is 15.4 Å². The smallest absolute Gasteiger partial charge is 0.147 e. The van der Waals surface area contributed by atoms with Crippen LogP contribution in [0.5, 0.6) is 0 Å². The Morgan fingerprint density at radius 2 is 1.89 bits per heavy atom. The highest BCUT2D eigenvalue weighted by Crippen LogP contribution is 2.18. The van der Waals surface area contributed by atoms with Gasteiger partial charge in [0.2, 0.25) is 0 Å². The predicted molar refractivity (Wildman–Crippen MR) is 79.1 cm³/mol. The van der Waals surface area contributed by atoms with E-state index in [4.69, 9.17) is 11.5 Å². The Balaban J connectivity index is 2.07. The van der Waals surface area contributed by atoms with Gasteiger partial charge < -0.3 is 11.5 Å². The molecule has 1 heterocycles. The minimum atomic E-state index is -0.214. The van der Waals surface area contributed by atoms with Gasteiger partial charge in [-0.05, 0) is 30.4 Å². The van der Waals surface area contributed by atoms with Gasteiger partial charge in [-0.25, -0.2) is 4.98 Å². The second kappa shape index (κ2) is 6.23. The molecule has 102 valence electrons. The van der Waals surface area contributed by atoms with Crippen LogP contribution in [0.4, 0.5) is 0 Å². The number of aryl methyl sites for hydroxylation is 1. The lowest BCUT2D eigenvalue weighted by Crippen LogP contribution is -2.33. The molecule has 2 atom stereocenters. The van der Waals surface area contributed by atoms with Crippen molar-refractivity contribution in [3.63, 3.8) is 0 Å². The molecule has 19 heavy (non-hydrogen) atoms. The largest absolute Gasteiger partial charge is 0.326 e. The first-order valence-corrected chi connectivity index (χ1v) is 7.26. The minimum absolute atomic E-state index is 0.0554. The summed E-state index contributed by atoms with van der Waals surface area (Å²) in [5.41, 5.74) is 14.5. The van der Waals surface area contributed by atoms with Crippen LogP contribution in [0.2, 0.25) is 0 Å². The van der Waals surface area contributed by atoms with E-state index in [2.05, 4.69) is 40.5 Å². The van der Waals surface area contributed by atoms with Crippen LogP contribution in [0.3, 0.4) is 0 Å². The third kappa shape index (κ3) is 3.59. The molecule has 2 aromatic rings. The lowest BCUT2D eigenvalue weighted by atomic mass is 10.1. The maximum Gasteiger partial charge on any atom is 0.147 e. The molecule has 4 N–H and O–H groups in total. The number of benzene rings is 1. The Bertz CT molecular complexity index is 520. The summed E-state index contributed by atoms with van der Waals surface area (Å²) in [6.45, 7) is 4.10. The molecule has 0 aliphatic rings. The average molecular weight is 276 g/mol. The highest BCUT2D eigenvalue weighted by Gasteiger charge is 2.18. The first-order valence-electron chi connectivity index (χ1n) is 6.49. The van der Waals surface area contributed by atoms with E-state index in [0.717, 1.165) is 23.7 Å². The van der Waals surface area contributed by atoms with Crippen molar-refractivity contribution >= 4 is 11.5 Å². The van der Waals surface area contributed by atoms with E-state index in [0.29, 0.717) is 0 Å². The summed E-state index contributed by atoms with van der Waals surface area (Å²) in [6.07, 6.45) is 1.58. The highest BCUT2D eigenvalue weighted by molar-refractivity contribution is 7.05. The van der Waals surface area contributed by atoms with Crippen LogP contribution in [0.25, 0.3) is 0 Å². The summed E-state index contributed by atoms with van der Waals surface area (Å²) in [5, 5.41) is 0.830. The molecule has 0 radical (unpaired) electrons. The third-order valence-electron chi connectivity index (χ3n) is 3.18. The lowest BCUT2D eigenvalue weighted by Gasteiger charge is -2.14. The highest BCUT2D eigenvalue weighted by atomic mass is 32.1. The van der Waals surface area contributed by atoms with Gasteiger partial charge in [-0.3, -0.25) is 0 Å². The maximum atomic E-state index is 6.06. The van der Waals surface area contributed by atoms with Crippen molar-refractivity contribution < 1.29 is 0 Å². The molecule has 2 unspecified atom stereocenters. The van der Waals surface area contributed by atoms with Crippen molar-refractivity contribution in [2.75, 3.05) is 0 Å². The quantitative estimate of drug-likeness (QED) is 0.877.